The van der Waals surface area contributed by atoms with Crippen molar-refractivity contribution >= 4 is 29.4 Å². The summed E-state index contributed by atoms with van der Waals surface area (Å²) >= 11 is 5.81. The van der Waals surface area contributed by atoms with Crippen LogP contribution in [-0.4, -0.2) is 59.1 Å². The van der Waals surface area contributed by atoms with Crippen LogP contribution in [0.25, 0.3) is 0 Å². The zero-order valence-corrected chi connectivity index (χ0v) is 16.2. The zero-order chi connectivity index (χ0) is 20.7. The van der Waals surface area contributed by atoms with Crippen LogP contribution in [0.3, 0.4) is 0 Å². The molecule has 1 aromatic rings. The molecule has 152 valence electrons. The van der Waals surface area contributed by atoms with E-state index < -0.39 is 24.3 Å². The van der Waals surface area contributed by atoms with E-state index in [0.717, 1.165) is 10.8 Å². The molecule has 0 saturated heterocycles. The maximum atomic E-state index is 11.5. The summed E-state index contributed by atoms with van der Waals surface area (Å²) in [5, 5.41) is 20.5. The molecular weight excluding hydrogens is 388 g/mol. The number of amides is 2. The average molecular weight is 411 g/mol. The van der Waals surface area contributed by atoms with Gasteiger partial charge >= 0.3 is 5.97 Å². The van der Waals surface area contributed by atoms with Crippen molar-refractivity contribution in [2.75, 3.05) is 20.1 Å². The zero-order valence-electron chi connectivity index (χ0n) is 15.5. The first-order valence-corrected chi connectivity index (χ1v) is 9.25. The number of hydrogen-bond donors (Lipinski definition) is 3. The quantitative estimate of drug-likeness (QED) is 0.640. The van der Waals surface area contributed by atoms with Crippen molar-refractivity contribution in [2.45, 2.75) is 31.8 Å². The summed E-state index contributed by atoms with van der Waals surface area (Å²) in [6.45, 7) is -0.257. The van der Waals surface area contributed by atoms with E-state index in [0.29, 0.717) is 12.6 Å². The molecule has 0 atom stereocenters. The van der Waals surface area contributed by atoms with Gasteiger partial charge in [0, 0.05) is 25.0 Å². The highest BCUT2D eigenvalue weighted by molar-refractivity contribution is 6.30. The van der Waals surface area contributed by atoms with Crippen molar-refractivity contribution in [1.29, 1.82) is 0 Å². The highest BCUT2D eigenvalue weighted by Gasteiger charge is 2.30. The van der Waals surface area contributed by atoms with Crippen LogP contribution < -0.4 is 10.1 Å². The molecule has 28 heavy (non-hydrogen) atoms. The third-order valence-electron chi connectivity index (χ3n) is 4.31. The Hall–Kier alpha value is -2.74. The number of hydrogen-bond acceptors (Lipinski definition) is 5. The van der Waals surface area contributed by atoms with Crippen LogP contribution in [0.1, 0.15) is 25.7 Å². The minimum Gasteiger partial charge on any atom is -0.511 e. The van der Waals surface area contributed by atoms with Crippen molar-refractivity contribution in [3.8, 4) is 5.75 Å². The second-order valence-corrected chi connectivity index (χ2v) is 6.94. The monoisotopic (exact) mass is 410 g/mol. The predicted octanol–water partition coefficient (Wildman–Crippen LogP) is 2.13. The highest BCUT2D eigenvalue weighted by atomic mass is 35.5. The van der Waals surface area contributed by atoms with Crippen LogP contribution in [0.2, 0.25) is 5.02 Å². The van der Waals surface area contributed by atoms with Gasteiger partial charge in [0.05, 0.1) is 6.10 Å². The Bertz CT molecular complexity index is 775. The lowest BCUT2D eigenvalue weighted by molar-refractivity contribution is -0.138. The summed E-state index contributed by atoms with van der Waals surface area (Å²) in [5.41, 5.74) is -0.380. The first-order chi connectivity index (χ1) is 13.3. The van der Waals surface area contributed by atoms with Gasteiger partial charge in [0.15, 0.2) is 0 Å². The molecular formula is C19H23ClN2O6. The molecule has 2 aliphatic rings. The van der Waals surface area contributed by atoms with Crippen LogP contribution in [0.5, 0.6) is 5.75 Å². The van der Waals surface area contributed by atoms with Crippen LogP contribution >= 0.6 is 11.6 Å². The molecule has 0 spiro atoms. The van der Waals surface area contributed by atoms with Gasteiger partial charge in [0.1, 0.15) is 23.6 Å². The summed E-state index contributed by atoms with van der Waals surface area (Å²) < 4.78 is 5.65. The Kier molecular flexibility index (Phi) is 7.69. The number of nitrogens with one attached hydrogen (secondary N) is 1. The van der Waals surface area contributed by atoms with E-state index in [4.69, 9.17) is 21.4 Å². The summed E-state index contributed by atoms with van der Waals surface area (Å²) in [6, 6.07) is 7.58. The molecule has 1 aromatic carbocycles. The Morgan fingerprint density at radius 1 is 1.36 bits per heavy atom. The van der Waals surface area contributed by atoms with E-state index in [-0.39, 0.29) is 17.8 Å². The molecule has 9 heteroatoms. The molecule has 1 aliphatic heterocycles. The van der Waals surface area contributed by atoms with E-state index in [2.05, 4.69) is 0 Å². The fourth-order valence-corrected chi connectivity index (χ4v) is 2.69. The Balaban J connectivity index is 0.000000207. The molecule has 0 bridgehead atoms. The first-order valence-electron chi connectivity index (χ1n) is 8.87. The number of carbonyl (C=O) groups excluding carboxylic acids is 2. The van der Waals surface area contributed by atoms with Gasteiger partial charge in [0.25, 0.3) is 11.8 Å². The number of rotatable bonds is 5. The fourth-order valence-electron chi connectivity index (χ4n) is 2.51. The molecule has 1 fully saturated rings. The van der Waals surface area contributed by atoms with E-state index in [9.17, 15) is 19.5 Å². The van der Waals surface area contributed by atoms with Crippen molar-refractivity contribution < 1.29 is 29.3 Å². The van der Waals surface area contributed by atoms with Gasteiger partial charge < -0.3 is 25.2 Å². The molecule has 0 aromatic heterocycles. The third kappa shape index (κ3) is 6.16. The first kappa shape index (κ1) is 21.6. The van der Waals surface area contributed by atoms with Gasteiger partial charge in [-0.1, -0.05) is 17.7 Å². The summed E-state index contributed by atoms with van der Waals surface area (Å²) in [7, 11) is 1.50. The molecule has 0 unspecified atom stereocenters. The normalized spacial score (nSPS) is 16.6. The van der Waals surface area contributed by atoms with Crippen LogP contribution in [-0.2, 0) is 14.4 Å². The third-order valence-corrected chi connectivity index (χ3v) is 4.55. The molecule has 3 rings (SSSR count). The van der Waals surface area contributed by atoms with E-state index in [1.54, 1.807) is 0 Å². The Morgan fingerprint density at radius 2 is 2.07 bits per heavy atom. The molecule has 1 aliphatic carbocycles. The van der Waals surface area contributed by atoms with E-state index >= 15 is 0 Å². The number of ether oxygens (including phenoxy) is 1. The number of carboxylic acids is 1. The molecule has 1 heterocycles. The lowest BCUT2D eigenvalue weighted by Crippen LogP contribution is -2.41. The van der Waals surface area contributed by atoms with Gasteiger partial charge in [-0.15, -0.1) is 0 Å². The van der Waals surface area contributed by atoms with Gasteiger partial charge in [0.2, 0.25) is 0 Å². The molecule has 0 radical (unpaired) electrons. The van der Waals surface area contributed by atoms with Crippen molar-refractivity contribution in [3.63, 3.8) is 0 Å². The van der Waals surface area contributed by atoms with Gasteiger partial charge in [-0.2, -0.15) is 0 Å². The molecule has 1 saturated carbocycles. The Morgan fingerprint density at radius 3 is 2.64 bits per heavy atom. The number of aliphatic hydroxyl groups excluding tert-OH is 1. The SMILES string of the molecule is CN1CCC(O)=C(C(=O)NCC(=O)O)C1=O.Clc1cccc(OC2CCC2)c1. The van der Waals surface area contributed by atoms with Crippen molar-refractivity contribution in [1.82, 2.24) is 10.2 Å². The van der Waals surface area contributed by atoms with Crippen molar-refractivity contribution in [2.24, 2.45) is 0 Å². The lowest BCUT2D eigenvalue weighted by atomic mass is 9.96. The second kappa shape index (κ2) is 9.98. The number of halogens is 1. The van der Waals surface area contributed by atoms with E-state index in [1.807, 2.05) is 29.6 Å². The number of nitrogens with zero attached hydrogens (tertiary/aromatic N) is 1. The lowest BCUT2D eigenvalue weighted by Gasteiger charge is -2.26. The number of carboxylic acid groups (broad SMARTS) is 1. The maximum absolute atomic E-state index is 11.5. The summed E-state index contributed by atoms with van der Waals surface area (Å²) in [5.74, 6) is -2.09. The topological polar surface area (TPSA) is 116 Å². The van der Waals surface area contributed by atoms with Crippen LogP contribution in [0.4, 0.5) is 0 Å². The minimum atomic E-state index is -1.22. The average Bonchev–Trinajstić information content (AvgIpc) is 2.61. The van der Waals surface area contributed by atoms with E-state index in [1.165, 1.54) is 31.2 Å². The number of likely N-dealkylation sites (N-methyl/N-ethyl adjacent to an activating group) is 1. The smallest absolute Gasteiger partial charge is 0.322 e. The predicted molar refractivity (Wildman–Crippen MR) is 102 cm³/mol. The number of aliphatic carboxylic acids is 1. The van der Waals surface area contributed by atoms with Gasteiger partial charge in [-0.25, -0.2) is 0 Å². The fraction of sp³-hybridized carbons (Fsp3) is 0.421. The summed E-state index contributed by atoms with van der Waals surface area (Å²) in [6.07, 6.45) is 4.30. The molecule has 2 amide bonds. The van der Waals surface area contributed by atoms with Gasteiger partial charge in [-0.3, -0.25) is 14.4 Å². The number of carbonyl (C=O) groups is 3. The standard InChI is InChI=1S/C10H11ClO.C9H12N2O5/c11-8-3-1-6-10(7-8)12-9-4-2-5-9;1-11-3-2-5(12)7(9(11)16)8(15)10-4-6(13)14/h1,3,6-7,9H,2,4-5H2;12H,2-4H2,1H3,(H,10,15)(H,13,14). The van der Waals surface area contributed by atoms with Crippen LogP contribution in [0, 0.1) is 0 Å². The van der Waals surface area contributed by atoms with Crippen molar-refractivity contribution in [3.05, 3.63) is 40.6 Å². The van der Waals surface area contributed by atoms with Crippen LogP contribution in [0.15, 0.2) is 35.6 Å². The highest BCUT2D eigenvalue weighted by Crippen LogP contribution is 2.26. The number of aliphatic hydroxyl groups is 1. The molecule has 8 nitrogen and oxygen atoms in total. The largest absolute Gasteiger partial charge is 0.511 e. The second-order valence-electron chi connectivity index (χ2n) is 6.50. The number of benzene rings is 1. The maximum Gasteiger partial charge on any atom is 0.322 e. The Labute approximate surface area is 167 Å². The van der Waals surface area contributed by atoms with Gasteiger partial charge in [-0.05, 0) is 37.5 Å². The minimum absolute atomic E-state index is 0.193. The molecule has 3 N–H and O–H groups in total. The summed E-state index contributed by atoms with van der Waals surface area (Å²) in [4.78, 5) is 34.5.